The van der Waals surface area contributed by atoms with E-state index in [-0.39, 0.29) is 5.69 Å². The van der Waals surface area contributed by atoms with E-state index in [0.717, 1.165) is 24.1 Å². The van der Waals surface area contributed by atoms with Crippen molar-refractivity contribution in [2.75, 3.05) is 17.2 Å². The molecule has 8 heteroatoms. The van der Waals surface area contributed by atoms with Crippen LogP contribution in [0, 0.1) is 11.6 Å². The topological polar surface area (TPSA) is 66.9 Å². The van der Waals surface area contributed by atoms with E-state index >= 15 is 0 Å². The number of rotatable bonds is 6. The Hall–Kier alpha value is -3.06. The average molecular weight is 389 g/mol. The maximum Gasteiger partial charge on any atom is 0.276 e. The molecule has 1 heterocycles. The van der Waals surface area contributed by atoms with Crippen LogP contribution in [0.25, 0.3) is 0 Å². The Kier molecular flexibility index (Phi) is 5.93. The number of aromatic nitrogens is 2. The average Bonchev–Trinajstić information content (AvgIpc) is 2.67. The van der Waals surface area contributed by atoms with Crippen molar-refractivity contribution >= 4 is 29.0 Å². The third-order valence-electron chi connectivity index (χ3n) is 3.73. The van der Waals surface area contributed by atoms with Crippen molar-refractivity contribution in [3.63, 3.8) is 0 Å². The lowest BCUT2D eigenvalue weighted by molar-refractivity contribution is 0.102. The van der Waals surface area contributed by atoms with Crippen LogP contribution in [0.3, 0.4) is 0 Å². The van der Waals surface area contributed by atoms with Gasteiger partial charge < -0.3 is 10.6 Å². The molecule has 2 N–H and O–H groups in total. The summed E-state index contributed by atoms with van der Waals surface area (Å²) in [6.07, 6.45) is 0.758. The van der Waals surface area contributed by atoms with Crippen molar-refractivity contribution in [3.8, 4) is 0 Å². The number of hydrogen-bond acceptors (Lipinski definition) is 4. The number of amides is 1. The molecule has 27 heavy (non-hydrogen) atoms. The van der Waals surface area contributed by atoms with Gasteiger partial charge >= 0.3 is 0 Å². The maximum absolute atomic E-state index is 13.6. The Morgan fingerprint density at radius 2 is 1.67 bits per heavy atom. The van der Waals surface area contributed by atoms with E-state index in [2.05, 4.69) is 20.8 Å². The van der Waals surface area contributed by atoms with Gasteiger partial charge in [0, 0.05) is 11.6 Å². The Morgan fingerprint density at radius 3 is 2.30 bits per heavy atom. The minimum absolute atomic E-state index is 0.0547. The van der Waals surface area contributed by atoms with Crippen LogP contribution >= 0.6 is 11.6 Å². The molecule has 0 saturated carbocycles. The molecule has 0 saturated heterocycles. The van der Waals surface area contributed by atoms with E-state index in [9.17, 15) is 13.6 Å². The largest absolute Gasteiger partial charge is 0.368 e. The van der Waals surface area contributed by atoms with Gasteiger partial charge in [0.25, 0.3) is 5.91 Å². The van der Waals surface area contributed by atoms with Gasteiger partial charge in [-0.2, -0.15) is 0 Å². The maximum atomic E-state index is 13.6. The summed E-state index contributed by atoms with van der Waals surface area (Å²) in [5.41, 5.74) is 0.540. The van der Waals surface area contributed by atoms with Gasteiger partial charge in [-0.05, 0) is 48.4 Å². The summed E-state index contributed by atoms with van der Waals surface area (Å²) in [6.45, 7) is 0.613. The van der Waals surface area contributed by atoms with Crippen molar-refractivity contribution in [3.05, 3.63) is 82.5 Å². The Balaban J connectivity index is 1.56. The van der Waals surface area contributed by atoms with Crippen LogP contribution in [0.5, 0.6) is 0 Å². The molecule has 0 fully saturated rings. The first-order chi connectivity index (χ1) is 13.0. The molecule has 3 rings (SSSR count). The molecule has 0 unspecified atom stereocenters. The number of anilines is 2. The number of carbonyl (C=O) groups is 1. The molecule has 0 radical (unpaired) electrons. The van der Waals surface area contributed by atoms with Gasteiger partial charge in [-0.15, -0.1) is 10.2 Å². The lowest BCUT2D eigenvalue weighted by Crippen LogP contribution is -2.17. The van der Waals surface area contributed by atoms with E-state index in [4.69, 9.17) is 11.6 Å². The number of hydrogen-bond donors (Lipinski definition) is 2. The minimum Gasteiger partial charge on any atom is -0.368 e. The van der Waals surface area contributed by atoms with Crippen molar-refractivity contribution in [1.82, 2.24) is 10.2 Å². The summed E-state index contributed by atoms with van der Waals surface area (Å²) in [6, 6.07) is 13.8. The summed E-state index contributed by atoms with van der Waals surface area (Å²) in [5, 5.41) is 13.6. The van der Waals surface area contributed by atoms with E-state index in [1.807, 2.05) is 24.3 Å². The normalized spacial score (nSPS) is 10.5. The van der Waals surface area contributed by atoms with Crippen LogP contribution in [0.2, 0.25) is 5.02 Å². The monoisotopic (exact) mass is 388 g/mol. The Bertz CT molecular complexity index is 913. The quantitative estimate of drug-likeness (QED) is 0.660. The van der Waals surface area contributed by atoms with E-state index in [1.54, 1.807) is 6.07 Å². The molecule has 0 spiro atoms. The molecule has 0 atom stereocenters. The second-order valence-corrected chi connectivity index (χ2v) is 6.09. The van der Waals surface area contributed by atoms with E-state index in [1.165, 1.54) is 12.1 Å². The van der Waals surface area contributed by atoms with Gasteiger partial charge in [-0.3, -0.25) is 4.79 Å². The predicted octanol–water partition coefficient (Wildman–Crippen LogP) is 4.32. The smallest absolute Gasteiger partial charge is 0.276 e. The first-order valence-electron chi connectivity index (χ1n) is 8.10. The van der Waals surface area contributed by atoms with Crippen LogP contribution < -0.4 is 10.6 Å². The zero-order valence-corrected chi connectivity index (χ0v) is 14.8. The van der Waals surface area contributed by atoms with Crippen LogP contribution in [-0.4, -0.2) is 22.6 Å². The van der Waals surface area contributed by atoms with Crippen LogP contribution in [0.1, 0.15) is 16.1 Å². The molecule has 1 amide bonds. The first kappa shape index (κ1) is 18.7. The lowest BCUT2D eigenvalue weighted by Gasteiger charge is -2.08. The molecule has 2 aromatic carbocycles. The summed E-state index contributed by atoms with van der Waals surface area (Å²) in [4.78, 5) is 12.1. The molecule has 0 aliphatic heterocycles. The Labute approximate surface area is 159 Å². The molecule has 0 aliphatic carbocycles. The summed E-state index contributed by atoms with van der Waals surface area (Å²) >= 11 is 5.84. The van der Waals surface area contributed by atoms with Gasteiger partial charge in [-0.1, -0.05) is 29.8 Å². The van der Waals surface area contributed by atoms with Gasteiger partial charge in [-0.25, -0.2) is 8.78 Å². The highest BCUT2D eigenvalue weighted by Gasteiger charge is 2.14. The number of para-hydroxylation sites is 1. The van der Waals surface area contributed by atoms with Crippen molar-refractivity contribution in [2.24, 2.45) is 0 Å². The molecule has 1 aromatic heterocycles. The summed E-state index contributed by atoms with van der Waals surface area (Å²) < 4.78 is 27.2. The first-order valence-corrected chi connectivity index (χ1v) is 8.48. The molecule has 0 bridgehead atoms. The Morgan fingerprint density at radius 1 is 0.963 bits per heavy atom. The number of benzene rings is 2. The molecular weight excluding hydrogens is 374 g/mol. The highest BCUT2D eigenvalue weighted by Crippen LogP contribution is 2.18. The summed E-state index contributed by atoms with van der Waals surface area (Å²) in [7, 11) is 0. The van der Waals surface area contributed by atoms with Crippen LogP contribution in [-0.2, 0) is 6.42 Å². The zero-order chi connectivity index (χ0) is 19.2. The lowest BCUT2D eigenvalue weighted by atomic mass is 10.1. The standard InChI is InChI=1S/C19H15ClF2N4O/c20-13-6-4-12(5-7-13)10-11-23-17-9-8-16(25-26-17)19(27)24-18-14(21)2-1-3-15(18)22/h1-9H,10-11H2,(H,23,26)(H,24,27). The molecule has 5 nitrogen and oxygen atoms in total. The van der Waals surface area contributed by atoms with Gasteiger partial charge in [0.15, 0.2) is 5.69 Å². The molecule has 0 aliphatic rings. The number of halogens is 3. The van der Waals surface area contributed by atoms with Crippen LogP contribution in [0.4, 0.5) is 20.3 Å². The van der Waals surface area contributed by atoms with Crippen LogP contribution in [0.15, 0.2) is 54.6 Å². The second kappa shape index (κ2) is 8.55. The summed E-state index contributed by atoms with van der Waals surface area (Å²) in [5.74, 6) is -2.00. The third kappa shape index (κ3) is 4.98. The van der Waals surface area contributed by atoms with E-state index < -0.39 is 23.2 Å². The second-order valence-electron chi connectivity index (χ2n) is 5.66. The molecular formula is C19H15ClF2N4O. The number of nitrogens with zero attached hydrogens (tertiary/aromatic N) is 2. The van der Waals surface area contributed by atoms with Gasteiger partial charge in [0.1, 0.15) is 23.1 Å². The molecule has 3 aromatic rings. The fourth-order valence-electron chi connectivity index (χ4n) is 2.33. The van der Waals surface area contributed by atoms with Crippen molar-refractivity contribution in [2.45, 2.75) is 6.42 Å². The third-order valence-corrected chi connectivity index (χ3v) is 3.98. The fraction of sp³-hybridized carbons (Fsp3) is 0.105. The number of carbonyl (C=O) groups excluding carboxylic acids is 1. The van der Waals surface area contributed by atoms with Gasteiger partial charge in [0.05, 0.1) is 0 Å². The van der Waals surface area contributed by atoms with Gasteiger partial charge in [0.2, 0.25) is 0 Å². The highest BCUT2D eigenvalue weighted by atomic mass is 35.5. The van der Waals surface area contributed by atoms with E-state index in [0.29, 0.717) is 17.4 Å². The number of nitrogens with one attached hydrogen (secondary N) is 2. The SMILES string of the molecule is O=C(Nc1c(F)cccc1F)c1ccc(NCCc2ccc(Cl)cc2)nn1. The highest BCUT2D eigenvalue weighted by molar-refractivity contribution is 6.30. The fourth-order valence-corrected chi connectivity index (χ4v) is 2.45. The zero-order valence-electron chi connectivity index (χ0n) is 14.0. The van der Waals surface area contributed by atoms with Crippen molar-refractivity contribution in [1.29, 1.82) is 0 Å². The molecule has 138 valence electrons. The van der Waals surface area contributed by atoms with Crippen molar-refractivity contribution < 1.29 is 13.6 Å². The predicted molar refractivity (Wildman–Crippen MR) is 100.0 cm³/mol. The minimum atomic E-state index is -0.864.